The zero-order valence-corrected chi connectivity index (χ0v) is 10.7. The first-order chi connectivity index (χ1) is 7.33. The second kappa shape index (κ2) is 7.96. The van der Waals surface area contributed by atoms with Crippen LogP contribution in [-0.2, 0) is 0 Å². The van der Waals surface area contributed by atoms with Gasteiger partial charge in [-0.2, -0.15) is 0 Å². The van der Waals surface area contributed by atoms with Gasteiger partial charge in [-0.3, -0.25) is 0 Å². The molecular weight excluding hydrogens is 180 g/mol. The van der Waals surface area contributed by atoms with Crippen molar-refractivity contribution in [1.29, 1.82) is 0 Å². The summed E-state index contributed by atoms with van der Waals surface area (Å²) < 4.78 is 0. The maximum atomic E-state index is 2.43. The van der Waals surface area contributed by atoms with Gasteiger partial charge >= 0.3 is 0 Å². The standard InChI is InChI=1S/C15H28/c1-3-4-5-9-14(2)10-8-13-15-11-6-7-12-15/h6-7,14-15H,3-5,8-13H2,1-2H3. The van der Waals surface area contributed by atoms with Crippen molar-refractivity contribution in [3.8, 4) is 0 Å². The monoisotopic (exact) mass is 208 g/mol. The van der Waals surface area contributed by atoms with E-state index in [1.165, 1.54) is 57.8 Å². The van der Waals surface area contributed by atoms with Crippen LogP contribution in [0, 0.1) is 11.8 Å². The SMILES string of the molecule is CCCCCC(C)CCCC1CC=CC1. The topological polar surface area (TPSA) is 0 Å². The largest absolute Gasteiger partial charge is 0.0882 e. The van der Waals surface area contributed by atoms with Crippen molar-refractivity contribution in [2.24, 2.45) is 11.8 Å². The highest BCUT2D eigenvalue weighted by Crippen LogP contribution is 2.25. The summed E-state index contributed by atoms with van der Waals surface area (Å²) in [5.74, 6) is 1.96. The fourth-order valence-electron chi connectivity index (χ4n) is 2.55. The third-order valence-corrected chi connectivity index (χ3v) is 3.72. The number of hydrogen-bond acceptors (Lipinski definition) is 0. The fraction of sp³-hybridized carbons (Fsp3) is 0.867. The molecule has 1 aliphatic rings. The summed E-state index contributed by atoms with van der Waals surface area (Å²) in [4.78, 5) is 0. The minimum Gasteiger partial charge on any atom is -0.0882 e. The predicted molar refractivity (Wildman–Crippen MR) is 69.0 cm³/mol. The highest BCUT2D eigenvalue weighted by molar-refractivity contribution is 4.93. The van der Waals surface area contributed by atoms with Crippen LogP contribution in [0.25, 0.3) is 0 Å². The van der Waals surface area contributed by atoms with Gasteiger partial charge in [-0.15, -0.1) is 0 Å². The number of allylic oxidation sites excluding steroid dienone is 2. The molecular formula is C15H28. The molecule has 15 heavy (non-hydrogen) atoms. The smallest absolute Gasteiger partial charge is 0.0319 e. The lowest BCUT2D eigenvalue weighted by atomic mass is 9.93. The zero-order valence-electron chi connectivity index (χ0n) is 10.7. The maximum absolute atomic E-state index is 2.43. The van der Waals surface area contributed by atoms with Crippen molar-refractivity contribution in [2.75, 3.05) is 0 Å². The fourth-order valence-corrected chi connectivity index (χ4v) is 2.55. The van der Waals surface area contributed by atoms with E-state index in [-0.39, 0.29) is 0 Å². The van der Waals surface area contributed by atoms with Crippen LogP contribution in [0.15, 0.2) is 12.2 Å². The summed E-state index contributed by atoms with van der Waals surface area (Å²) in [5.41, 5.74) is 0. The van der Waals surface area contributed by atoms with Crippen LogP contribution in [0.4, 0.5) is 0 Å². The molecule has 1 atom stereocenters. The van der Waals surface area contributed by atoms with Gasteiger partial charge in [-0.25, -0.2) is 0 Å². The lowest BCUT2D eigenvalue weighted by Crippen LogP contribution is -1.98. The third-order valence-electron chi connectivity index (χ3n) is 3.72. The first-order valence-corrected chi connectivity index (χ1v) is 6.98. The first kappa shape index (κ1) is 12.8. The zero-order chi connectivity index (χ0) is 10.9. The van der Waals surface area contributed by atoms with E-state index in [0.29, 0.717) is 0 Å². The second-order valence-electron chi connectivity index (χ2n) is 5.34. The van der Waals surface area contributed by atoms with Crippen LogP contribution in [0.1, 0.15) is 71.6 Å². The Morgan fingerprint density at radius 3 is 2.40 bits per heavy atom. The Morgan fingerprint density at radius 1 is 1.07 bits per heavy atom. The van der Waals surface area contributed by atoms with Crippen LogP contribution < -0.4 is 0 Å². The van der Waals surface area contributed by atoms with E-state index in [4.69, 9.17) is 0 Å². The van der Waals surface area contributed by atoms with E-state index >= 15 is 0 Å². The van der Waals surface area contributed by atoms with Crippen molar-refractivity contribution in [3.63, 3.8) is 0 Å². The van der Waals surface area contributed by atoms with E-state index in [9.17, 15) is 0 Å². The normalized spacial score (nSPS) is 18.5. The Labute approximate surface area is 96.2 Å². The molecule has 0 spiro atoms. The molecule has 0 saturated carbocycles. The predicted octanol–water partition coefficient (Wildman–Crippen LogP) is 5.34. The molecule has 0 N–H and O–H groups in total. The average Bonchev–Trinajstić information content (AvgIpc) is 2.71. The van der Waals surface area contributed by atoms with Gasteiger partial charge in [0, 0.05) is 0 Å². The first-order valence-electron chi connectivity index (χ1n) is 6.98. The van der Waals surface area contributed by atoms with Gasteiger partial charge in [-0.1, -0.05) is 64.5 Å². The molecule has 1 aliphatic carbocycles. The quantitative estimate of drug-likeness (QED) is 0.373. The van der Waals surface area contributed by atoms with Gasteiger partial charge in [0.1, 0.15) is 0 Å². The molecule has 1 rings (SSSR count). The van der Waals surface area contributed by atoms with Gasteiger partial charge in [0.2, 0.25) is 0 Å². The van der Waals surface area contributed by atoms with Gasteiger partial charge in [0.05, 0.1) is 0 Å². The van der Waals surface area contributed by atoms with E-state index in [1.54, 1.807) is 0 Å². The minimum absolute atomic E-state index is 0.964. The van der Waals surface area contributed by atoms with Crippen LogP contribution in [0.3, 0.4) is 0 Å². The van der Waals surface area contributed by atoms with Gasteiger partial charge in [0.25, 0.3) is 0 Å². The van der Waals surface area contributed by atoms with Crippen LogP contribution in [0.2, 0.25) is 0 Å². The molecule has 0 aliphatic heterocycles. The molecule has 0 nitrogen and oxygen atoms in total. The Balaban J connectivity index is 1.89. The summed E-state index contributed by atoms with van der Waals surface area (Å²) >= 11 is 0. The van der Waals surface area contributed by atoms with Gasteiger partial charge < -0.3 is 0 Å². The number of hydrogen-bond donors (Lipinski definition) is 0. The summed E-state index contributed by atoms with van der Waals surface area (Å²) in [7, 11) is 0. The van der Waals surface area contributed by atoms with E-state index < -0.39 is 0 Å². The third kappa shape index (κ3) is 6.02. The number of rotatable bonds is 8. The Hall–Kier alpha value is -0.260. The Bertz CT molecular complexity index is 161. The summed E-state index contributed by atoms with van der Waals surface area (Å²) in [6, 6.07) is 0. The van der Waals surface area contributed by atoms with Crippen LogP contribution in [-0.4, -0.2) is 0 Å². The van der Waals surface area contributed by atoms with Crippen LogP contribution >= 0.6 is 0 Å². The molecule has 0 heterocycles. The molecule has 0 aromatic heterocycles. The molecule has 0 saturated heterocycles. The molecule has 88 valence electrons. The Kier molecular flexibility index (Phi) is 6.80. The molecule has 0 heteroatoms. The van der Waals surface area contributed by atoms with E-state index in [2.05, 4.69) is 26.0 Å². The second-order valence-corrected chi connectivity index (χ2v) is 5.34. The van der Waals surface area contributed by atoms with E-state index in [1.807, 2.05) is 0 Å². The van der Waals surface area contributed by atoms with Crippen LogP contribution in [0.5, 0.6) is 0 Å². The molecule has 0 radical (unpaired) electrons. The highest BCUT2D eigenvalue weighted by Gasteiger charge is 2.10. The molecule has 0 bridgehead atoms. The Morgan fingerprint density at radius 2 is 1.73 bits per heavy atom. The summed E-state index contributed by atoms with van der Waals surface area (Å²) in [6.07, 6.45) is 17.5. The summed E-state index contributed by atoms with van der Waals surface area (Å²) in [5, 5.41) is 0. The molecule has 0 aromatic carbocycles. The van der Waals surface area contributed by atoms with E-state index in [0.717, 1.165) is 11.8 Å². The van der Waals surface area contributed by atoms with Crippen molar-refractivity contribution in [1.82, 2.24) is 0 Å². The van der Waals surface area contributed by atoms with Gasteiger partial charge in [0.15, 0.2) is 0 Å². The summed E-state index contributed by atoms with van der Waals surface area (Å²) in [6.45, 7) is 4.72. The van der Waals surface area contributed by atoms with Crippen molar-refractivity contribution in [2.45, 2.75) is 71.6 Å². The van der Waals surface area contributed by atoms with Crippen molar-refractivity contribution in [3.05, 3.63) is 12.2 Å². The molecule has 0 fully saturated rings. The molecule has 0 amide bonds. The van der Waals surface area contributed by atoms with Crippen molar-refractivity contribution < 1.29 is 0 Å². The maximum Gasteiger partial charge on any atom is -0.0319 e. The van der Waals surface area contributed by atoms with Crippen molar-refractivity contribution >= 4 is 0 Å². The number of unbranched alkanes of at least 4 members (excludes halogenated alkanes) is 2. The van der Waals surface area contributed by atoms with Gasteiger partial charge in [-0.05, 0) is 31.1 Å². The lowest BCUT2D eigenvalue weighted by molar-refractivity contribution is 0.408. The average molecular weight is 208 g/mol. The minimum atomic E-state index is 0.964. The highest BCUT2D eigenvalue weighted by atomic mass is 14.2. The lowest BCUT2D eigenvalue weighted by Gasteiger charge is -2.13. The molecule has 0 aromatic rings. The molecule has 1 unspecified atom stereocenters.